The first-order valence-corrected chi connectivity index (χ1v) is 39.8. The molecule has 98 heavy (non-hydrogen) atoms. The molecular formula is C84H145NO13. The molecule has 0 saturated carbocycles. The lowest BCUT2D eigenvalue weighted by Crippen LogP contribution is -2.65. The van der Waals surface area contributed by atoms with Gasteiger partial charge in [0, 0.05) is 6.42 Å². The van der Waals surface area contributed by atoms with Crippen LogP contribution >= 0.6 is 0 Å². The molecule has 0 aliphatic carbocycles. The summed E-state index contributed by atoms with van der Waals surface area (Å²) >= 11 is 0. The van der Waals surface area contributed by atoms with Gasteiger partial charge in [-0.05, 0) is 89.9 Å². The zero-order valence-electron chi connectivity index (χ0n) is 61.7. The average molecular weight is 1380 g/mol. The van der Waals surface area contributed by atoms with Gasteiger partial charge in [0.15, 0.2) is 12.6 Å². The van der Waals surface area contributed by atoms with Crippen molar-refractivity contribution in [3.63, 3.8) is 0 Å². The molecule has 12 atom stereocenters. The second kappa shape index (κ2) is 66.6. The number of allylic oxidation sites excluding steroid dienone is 19. The van der Waals surface area contributed by atoms with E-state index < -0.39 is 86.8 Å². The first-order chi connectivity index (χ1) is 48.1. The summed E-state index contributed by atoms with van der Waals surface area (Å²) in [5.74, 6) is -0.252. The zero-order chi connectivity index (χ0) is 70.8. The molecule has 2 heterocycles. The Bertz CT molecular complexity index is 2110. The number of carbonyl (C=O) groups excluding carboxylic acids is 1. The fraction of sp³-hybridized carbons (Fsp3) is 0.750. The fourth-order valence-electron chi connectivity index (χ4n) is 12.4. The molecule has 14 heteroatoms. The molecule has 1 amide bonds. The van der Waals surface area contributed by atoms with Crippen LogP contribution in [0.1, 0.15) is 309 Å². The van der Waals surface area contributed by atoms with Gasteiger partial charge in [0.05, 0.1) is 32.0 Å². The maximum Gasteiger partial charge on any atom is 0.220 e. The second-order valence-corrected chi connectivity index (χ2v) is 27.5. The van der Waals surface area contributed by atoms with Crippen LogP contribution in [0, 0.1) is 0 Å². The number of ether oxygens (including phenoxy) is 4. The summed E-state index contributed by atoms with van der Waals surface area (Å²) in [6.07, 6.45) is 81.2. The number of carbonyl (C=O) groups is 1. The van der Waals surface area contributed by atoms with E-state index in [0.29, 0.717) is 6.42 Å². The van der Waals surface area contributed by atoms with Crippen molar-refractivity contribution in [2.24, 2.45) is 0 Å². The third-order valence-electron chi connectivity index (χ3n) is 18.7. The van der Waals surface area contributed by atoms with Gasteiger partial charge in [-0.25, -0.2) is 0 Å². The molecule has 14 nitrogen and oxygen atoms in total. The number of hydrogen-bond donors (Lipinski definition) is 9. The molecule has 9 N–H and O–H groups in total. The highest BCUT2D eigenvalue weighted by Gasteiger charge is 2.51. The minimum absolute atomic E-state index is 0.252. The number of nitrogens with one attached hydrogen (secondary N) is 1. The highest BCUT2D eigenvalue weighted by atomic mass is 16.7. The van der Waals surface area contributed by atoms with Gasteiger partial charge in [-0.2, -0.15) is 0 Å². The van der Waals surface area contributed by atoms with Gasteiger partial charge in [-0.1, -0.05) is 334 Å². The summed E-state index contributed by atoms with van der Waals surface area (Å²) in [5, 5.41) is 87.7. The maximum atomic E-state index is 13.4. The van der Waals surface area contributed by atoms with Gasteiger partial charge >= 0.3 is 0 Å². The number of amides is 1. The fourth-order valence-corrected chi connectivity index (χ4v) is 12.4. The normalized spacial score (nSPS) is 22.7. The van der Waals surface area contributed by atoms with Gasteiger partial charge in [-0.15, -0.1) is 0 Å². The van der Waals surface area contributed by atoms with E-state index in [9.17, 15) is 45.6 Å². The Morgan fingerprint density at radius 1 is 0.378 bits per heavy atom. The molecule has 0 bridgehead atoms. The summed E-state index contributed by atoms with van der Waals surface area (Å²) in [7, 11) is 0. The van der Waals surface area contributed by atoms with Crippen LogP contribution in [0.5, 0.6) is 0 Å². The standard InChI is InChI=1S/C84H145NO13/c1-3-5-7-9-11-13-15-17-19-21-23-25-27-29-31-33-34-35-36-37-38-40-42-44-46-48-50-52-54-56-58-60-62-64-66-68-76(89)85-72(71-95-83-81(94)79(92)82(75(70-87)97-83)98-84-80(93)78(91)77(90)74(69-86)96-84)73(88)67-65-63-61-59-57-55-53-51-49-47-45-43-41-39-32-30-28-26-24-22-20-18-16-14-12-10-8-6-4-2/h5,7,11,13,17,19,23,25,29,31,34-35,37-38,42,44,48,50,65,67,72-75,77-84,86-88,90-94H,3-4,6,8-10,12,14-16,18,20-22,24,26-28,30,32-33,36,39-41,43,45-47,49,51-64,66,68-71H2,1-2H3,(H,85,89)/b7-5-,13-11-,19-17-,25-23-,31-29-,35-34-,38-37-,44-42-,50-48-,67-65+. The van der Waals surface area contributed by atoms with E-state index in [1.54, 1.807) is 6.08 Å². The van der Waals surface area contributed by atoms with Crippen LogP contribution < -0.4 is 5.32 Å². The molecule has 2 saturated heterocycles. The third-order valence-corrected chi connectivity index (χ3v) is 18.7. The minimum atomic E-state index is -1.80. The van der Waals surface area contributed by atoms with Crippen molar-refractivity contribution in [2.75, 3.05) is 19.8 Å². The quantitative estimate of drug-likeness (QED) is 0.0204. The lowest BCUT2D eigenvalue weighted by atomic mass is 9.97. The van der Waals surface area contributed by atoms with E-state index in [0.717, 1.165) is 122 Å². The van der Waals surface area contributed by atoms with Crippen molar-refractivity contribution in [2.45, 2.75) is 383 Å². The maximum absolute atomic E-state index is 13.4. The zero-order valence-corrected chi connectivity index (χ0v) is 61.7. The first kappa shape index (κ1) is 90.5. The minimum Gasteiger partial charge on any atom is -0.394 e. The number of unbranched alkanes of at least 4 members (excludes halogenated alkanes) is 34. The van der Waals surface area contributed by atoms with Crippen LogP contribution in [0.15, 0.2) is 122 Å². The smallest absolute Gasteiger partial charge is 0.220 e. The Morgan fingerprint density at radius 2 is 0.704 bits per heavy atom. The molecule has 0 aromatic heterocycles. The van der Waals surface area contributed by atoms with Crippen molar-refractivity contribution in [3.8, 4) is 0 Å². The van der Waals surface area contributed by atoms with Crippen LogP contribution in [0.3, 0.4) is 0 Å². The lowest BCUT2D eigenvalue weighted by Gasteiger charge is -2.46. The Kier molecular flexibility index (Phi) is 61.5. The molecule has 0 spiro atoms. The Hall–Kier alpha value is -3.61. The molecule has 12 unspecified atom stereocenters. The third kappa shape index (κ3) is 49.1. The number of rotatable bonds is 65. The van der Waals surface area contributed by atoms with Crippen molar-refractivity contribution < 1.29 is 64.6 Å². The van der Waals surface area contributed by atoms with Crippen LogP contribution in [-0.4, -0.2) is 140 Å². The van der Waals surface area contributed by atoms with E-state index in [-0.39, 0.29) is 18.9 Å². The van der Waals surface area contributed by atoms with Gasteiger partial charge in [-0.3, -0.25) is 4.79 Å². The Balaban J connectivity index is 1.65. The second-order valence-electron chi connectivity index (χ2n) is 27.5. The van der Waals surface area contributed by atoms with Gasteiger partial charge < -0.3 is 65.1 Å². The van der Waals surface area contributed by atoms with Gasteiger partial charge in [0.2, 0.25) is 5.91 Å². The monoisotopic (exact) mass is 1380 g/mol. The molecule has 2 fully saturated rings. The summed E-state index contributed by atoms with van der Waals surface area (Å²) < 4.78 is 22.9. The van der Waals surface area contributed by atoms with Crippen LogP contribution in [0.25, 0.3) is 0 Å². The van der Waals surface area contributed by atoms with Gasteiger partial charge in [0.25, 0.3) is 0 Å². The van der Waals surface area contributed by atoms with Gasteiger partial charge in [0.1, 0.15) is 48.8 Å². The van der Waals surface area contributed by atoms with Crippen molar-refractivity contribution >= 4 is 5.91 Å². The molecule has 2 rings (SSSR count). The SMILES string of the molecule is CC/C=C\C/C=C\C/C=C\C/C=C\C/C=C\C/C=C\C/C=C\C/C=C\C/C=C\CCCCCCCCCC(=O)NC(COC1OC(CO)C(OC2OC(CO)C(O)C(O)C2O)C(O)C1O)C(O)/C=C/CCCCCCCCCCCCCCCCCCCCCCCCCCCCC. The van der Waals surface area contributed by atoms with Crippen molar-refractivity contribution in [1.82, 2.24) is 5.32 Å². The van der Waals surface area contributed by atoms with Crippen molar-refractivity contribution in [1.29, 1.82) is 0 Å². The molecule has 0 aromatic carbocycles. The molecule has 2 aliphatic heterocycles. The lowest BCUT2D eigenvalue weighted by molar-refractivity contribution is -0.359. The highest BCUT2D eigenvalue weighted by molar-refractivity contribution is 5.76. The summed E-state index contributed by atoms with van der Waals surface area (Å²) in [6.45, 7) is 2.71. The molecule has 564 valence electrons. The first-order valence-electron chi connectivity index (χ1n) is 39.8. The predicted octanol–water partition coefficient (Wildman–Crippen LogP) is 18.0. The van der Waals surface area contributed by atoms with Crippen LogP contribution in [0.4, 0.5) is 0 Å². The van der Waals surface area contributed by atoms with E-state index in [2.05, 4.69) is 129 Å². The predicted molar refractivity (Wildman–Crippen MR) is 405 cm³/mol. The summed E-state index contributed by atoms with van der Waals surface area (Å²) in [6, 6.07) is -0.932. The van der Waals surface area contributed by atoms with Crippen molar-refractivity contribution in [3.05, 3.63) is 122 Å². The van der Waals surface area contributed by atoms with E-state index in [1.165, 1.54) is 161 Å². The molecule has 0 aromatic rings. The number of hydrogen-bond acceptors (Lipinski definition) is 13. The summed E-state index contributed by atoms with van der Waals surface area (Å²) in [4.78, 5) is 13.4. The topological polar surface area (TPSA) is 228 Å². The number of aliphatic hydroxyl groups is 8. The van der Waals surface area contributed by atoms with Crippen LogP contribution in [0.2, 0.25) is 0 Å². The van der Waals surface area contributed by atoms with E-state index in [1.807, 2.05) is 6.08 Å². The van der Waals surface area contributed by atoms with E-state index >= 15 is 0 Å². The largest absolute Gasteiger partial charge is 0.394 e. The Morgan fingerprint density at radius 3 is 1.08 bits per heavy atom. The number of aliphatic hydroxyl groups excluding tert-OH is 8. The van der Waals surface area contributed by atoms with Crippen LogP contribution in [-0.2, 0) is 23.7 Å². The highest BCUT2D eigenvalue weighted by Crippen LogP contribution is 2.30. The molecule has 2 aliphatic rings. The Labute approximate surface area is 597 Å². The molecular weight excluding hydrogens is 1230 g/mol. The average Bonchev–Trinajstić information content (AvgIpc) is 0.797. The molecule has 0 radical (unpaired) electrons. The summed E-state index contributed by atoms with van der Waals surface area (Å²) in [5.41, 5.74) is 0. The van der Waals surface area contributed by atoms with E-state index in [4.69, 9.17) is 18.9 Å².